The minimum atomic E-state index is -3.85. The van der Waals surface area contributed by atoms with Crippen molar-refractivity contribution >= 4 is 27.8 Å². The highest BCUT2D eigenvalue weighted by atomic mass is 32.2. The van der Waals surface area contributed by atoms with Crippen molar-refractivity contribution in [3.8, 4) is 0 Å². The van der Waals surface area contributed by atoms with Gasteiger partial charge in [0.05, 0.1) is 12.3 Å². The zero-order valence-electron chi connectivity index (χ0n) is 14.6. The van der Waals surface area contributed by atoms with Crippen LogP contribution in [0.4, 0.5) is 0 Å². The highest BCUT2D eigenvalue weighted by molar-refractivity contribution is 7.89. The molecule has 0 saturated carbocycles. The van der Waals surface area contributed by atoms with E-state index in [-0.39, 0.29) is 6.04 Å². The molecule has 0 heterocycles. The van der Waals surface area contributed by atoms with E-state index in [1.807, 2.05) is 0 Å². The van der Waals surface area contributed by atoms with E-state index in [0.29, 0.717) is 5.56 Å². The van der Waals surface area contributed by atoms with Crippen LogP contribution in [0.15, 0.2) is 30.3 Å². The molecule has 10 heteroatoms. The zero-order chi connectivity index (χ0) is 19.7. The maximum absolute atomic E-state index is 11.9. The van der Waals surface area contributed by atoms with Gasteiger partial charge in [-0.2, -0.15) is 0 Å². The van der Waals surface area contributed by atoms with Crippen LogP contribution in [-0.4, -0.2) is 49.6 Å². The number of nitrogens with one attached hydrogen (secondary N) is 3. The fraction of sp³-hybridized carbons (Fsp3) is 0.438. The number of carboxylic acids is 1. The van der Waals surface area contributed by atoms with E-state index in [9.17, 15) is 27.9 Å². The number of carboxylic acid groups (broad SMARTS) is 1. The second kappa shape index (κ2) is 9.88. The summed E-state index contributed by atoms with van der Waals surface area (Å²) in [5.74, 6) is -3.02. The van der Waals surface area contributed by atoms with Gasteiger partial charge in [-0.25, -0.2) is 17.9 Å². The van der Waals surface area contributed by atoms with Gasteiger partial charge in [-0.3, -0.25) is 9.59 Å². The van der Waals surface area contributed by atoms with E-state index in [2.05, 4.69) is 15.4 Å². The highest BCUT2D eigenvalue weighted by Gasteiger charge is 2.23. The van der Waals surface area contributed by atoms with E-state index < -0.39 is 52.6 Å². The maximum Gasteiger partial charge on any atom is 0.330 e. The molecule has 0 saturated heterocycles. The van der Waals surface area contributed by atoms with Crippen LogP contribution in [0.1, 0.15) is 31.9 Å². The lowest BCUT2D eigenvalue weighted by atomic mass is 10.1. The third-order valence-corrected chi connectivity index (χ3v) is 4.51. The number of hydrogen-bond donors (Lipinski definition) is 4. The molecule has 1 aromatic carbocycles. The molecule has 1 atom stereocenters. The number of rotatable bonds is 10. The van der Waals surface area contributed by atoms with Gasteiger partial charge >= 0.3 is 5.97 Å². The lowest BCUT2D eigenvalue weighted by molar-refractivity contribution is -0.142. The van der Waals surface area contributed by atoms with Gasteiger partial charge in [-0.1, -0.05) is 30.3 Å². The van der Waals surface area contributed by atoms with E-state index >= 15 is 0 Å². The fourth-order valence-electron chi connectivity index (χ4n) is 2.01. The third kappa shape index (κ3) is 8.08. The van der Waals surface area contributed by atoms with Crippen LogP contribution < -0.4 is 15.4 Å². The number of sulfonamides is 1. The molecule has 0 aliphatic heterocycles. The monoisotopic (exact) mass is 385 g/mol. The molecule has 0 aromatic heterocycles. The molecule has 0 unspecified atom stereocenters. The van der Waals surface area contributed by atoms with Crippen molar-refractivity contribution in [2.45, 2.75) is 32.4 Å². The molecule has 4 N–H and O–H groups in total. The third-order valence-electron chi connectivity index (χ3n) is 3.19. The predicted octanol–water partition coefficient (Wildman–Crippen LogP) is -0.237. The van der Waals surface area contributed by atoms with Gasteiger partial charge in [0.2, 0.25) is 21.8 Å². The number of carbonyl (C=O) groups is 3. The van der Waals surface area contributed by atoms with E-state index in [0.717, 1.165) is 0 Å². The van der Waals surface area contributed by atoms with Gasteiger partial charge in [0.1, 0.15) is 0 Å². The Labute approximate surface area is 152 Å². The second-order valence-corrected chi connectivity index (χ2v) is 7.79. The predicted molar refractivity (Wildman–Crippen MR) is 94.6 cm³/mol. The van der Waals surface area contributed by atoms with Crippen LogP contribution in [0, 0.1) is 0 Å². The molecule has 0 bridgehead atoms. The second-order valence-electron chi connectivity index (χ2n) is 5.86. The van der Waals surface area contributed by atoms with Gasteiger partial charge in [0.25, 0.3) is 0 Å². The van der Waals surface area contributed by atoms with Crippen molar-refractivity contribution in [1.82, 2.24) is 15.4 Å². The molecule has 0 radical (unpaired) electrons. The summed E-state index contributed by atoms with van der Waals surface area (Å²) in [6.45, 7) is 3.05. The first kappa shape index (κ1) is 21.6. The number of carbonyl (C=O) groups excluding carboxylic acids is 2. The standard InChI is InChI=1S/C16H23N3O6S/c1-11(2)18-14(21)10-17-26(24,25)9-8-13(20)19-15(16(22)23)12-6-4-3-5-7-12/h3-7,11,15,17H,8-10H2,1-2H3,(H,18,21)(H,19,20)(H,22,23)/t15-/m1/s1. The minimum Gasteiger partial charge on any atom is -0.479 e. The van der Waals surface area contributed by atoms with Crippen molar-refractivity contribution in [2.24, 2.45) is 0 Å². The number of aliphatic carboxylic acids is 1. The fourth-order valence-corrected chi connectivity index (χ4v) is 2.96. The summed E-state index contributed by atoms with van der Waals surface area (Å²) < 4.78 is 25.7. The van der Waals surface area contributed by atoms with Gasteiger partial charge in [0.15, 0.2) is 6.04 Å². The summed E-state index contributed by atoms with van der Waals surface area (Å²) in [6.07, 6.45) is -0.433. The summed E-state index contributed by atoms with van der Waals surface area (Å²) in [5, 5.41) is 14.0. The molecule has 1 aromatic rings. The molecule has 0 aliphatic carbocycles. The normalized spacial score (nSPS) is 12.4. The molecule has 9 nitrogen and oxygen atoms in total. The Hall–Kier alpha value is -2.46. The summed E-state index contributed by atoms with van der Waals surface area (Å²) >= 11 is 0. The van der Waals surface area contributed by atoms with Crippen molar-refractivity contribution in [3.05, 3.63) is 35.9 Å². The minimum absolute atomic E-state index is 0.122. The number of hydrogen-bond acceptors (Lipinski definition) is 5. The molecule has 26 heavy (non-hydrogen) atoms. The SMILES string of the molecule is CC(C)NC(=O)CNS(=O)(=O)CCC(=O)N[C@@H](C(=O)O)c1ccccc1. The number of amides is 2. The first-order valence-electron chi connectivity index (χ1n) is 7.94. The molecular weight excluding hydrogens is 362 g/mol. The van der Waals surface area contributed by atoms with Gasteiger partial charge in [-0.15, -0.1) is 0 Å². The molecule has 0 fully saturated rings. The molecule has 0 aliphatic rings. The Morgan fingerprint density at radius 1 is 1.04 bits per heavy atom. The first-order valence-corrected chi connectivity index (χ1v) is 9.60. The quantitative estimate of drug-likeness (QED) is 0.438. The lowest BCUT2D eigenvalue weighted by Gasteiger charge is -2.15. The van der Waals surface area contributed by atoms with Crippen LogP contribution in [-0.2, 0) is 24.4 Å². The summed E-state index contributed by atoms with van der Waals surface area (Å²) in [5.41, 5.74) is 0.375. The van der Waals surface area contributed by atoms with Crippen LogP contribution in [0.3, 0.4) is 0 Å². The first-order chi connectivity index (χ1) is 12.1. The largest absolute Gasteiger partial charge is 0.479 e. The Morgan fingerprint density at radius 3 is 2.19 bits per heavy atom. The molecule has 2 amide bonds. The van der Waals surface area contributed by atoms with Crippen molar-refractivity contribution in [2.75, 3.05) is 12.3 Å². The Kier molecular flexibility index (Phi) is 8.20. The zero-order valence-corrected chi connectivity index (χ0v) is 15.4. The van der Waals surface area contributed by atoms with E-state index in [1.54, 1.807) is 44.2 Å². The molecule has 144 valence electrons. The van der Waals surface area contributed by atoms with Crippen LogP contribution in [0.2, 0.25) is 0 Å². The van der Waals surface area contributed by atoms with Crippen LogP contribution >= 0.6 is 0 Å². The average molecular weight is 385 g/mol. The van der Waals surface area contributed by atoms with E-state index in [1.165, 1.54) is 0 Å². The molecular formula is C16H23N3O6S. The van der Waals surface area contributed by atoms with E-state index in [4.69, 9.17) is 0 Å². The average Bonchev–Trinajstić information content (AvgIpc) is 2.56. The van der Waals surface area contributed by atoms with Crippen LogP contribution in [0.25, 0.3) is 0 Å². The Balaban J connectivity index is 2.54. The van der Waals surface area contributed by atoms with Gasteiger partial charge < -0.3 is 15.7 Å². The summed E-state index contributed by atoms with van der Waals surface area (Å²) in [7, 11) is -3.85. The Morgan fingerprint density at radius 2 is 1.65 bits per heavy atom. The van der Waals surface area contributed by atoms with Crippen molar-refractivity contribution in [1.29, 1.82) is 0 Å². The molecule has 1 rings (SSSR count). The lowest BCUT2D eigenvalue weighted by Crippen LogP contribution is -2.41. The molecule has 0 spiro atoms. The van der Waals surface area contributed by atoms with Crippen molar-refractivity contribution in [3.63, 3.8) is 0 Å². The summed E-state index contributed by atoms with van der Waals surface area (Å²) in [6, 6.07) is 6.68. The van der Waals surface area contributed by atoms with Gasteiger partial charge in [-0.05, 0) is 19.4 Å². The van der Waals surface area contributed by atoms with Crippen LogP contribution in [0.5, 0.6) is 0 Å². The number of benzene rings is 1. The summed E-state index contributed by atoms with van der Waals surface area (Å²) in [4.78, 5) is 34.7. The Bertz CT molecular complexity index is 734. The highest BCUT2D eigenvalue weighted by Crippen LogP contribution is 2.12. The topological polar surface area (TPSA) is 142 Å². The smallest absolute Gasteiger partial charge is 0.330 e. The van der Waals surface area contributed by atoms with Gasteiger partial charge in [0, 0.05) is 12.5 Å². The van der Waals surface area contributed by atoms with Crippen molar-refractivity contribution < 1.29 is 27.9 Å². The maximum atomic E-state index is 11.9.